The topological polar surface area (TPSA) is 61.4 Å². The minimum atomic E-state index is -0.429. The van der Waals surface area contributed by atoms with Crippen molar-refractivity contribution >= 4 is 34.5 Å². The van der Waals surface area contributed by atoms with E-state index in [-0.39, 0.29) is 17.2 Å². The number of carbonyl (C=O) groups is 2. The van der Waals surface area contributed by atoms with Crippen LogP contribution in [0.1, 0.15) is 51.0 Å². The second-order valence-electron chi connectivity index (χ2n) is 8.50. The molecule has 1 aliphatic heterocycles. The minimum Gasteiger partial charge on any atom is -0.357 e. The Hall–Kier alpha value is -2.60. The second kappa shape index (κ2) is 7.67. The predicted molar refractivity (Wildman–Crippen MR) is 118 cm³/mol. The molecule has 0 saturated carbocycles. The van der Waals surface area contributed by atoms with Gasteiger partial charge in [-0.25, -0.2) is 4.79 Å². The quantitative estimate of drug-likeness (QED) is 0.705. The van der Waals surface area contributed by atoms with Crippen LogP contribution in [0.3, 0.4) is 0 Å². The van der Waals surface area contributed by atoms with E-state index in [9.17, 15) is 9.59 Å². The number of fused-ring (bicyclic) bond motifs is 1. The number of para-hydroxylation sites is 2. The SMILES string of the molecule is CCCNC(=O)N1c2ccccc2NC2=C(C(=O)CC(C)(C)C2)C1c1cccs1. The van der Waals surface area contributed by atoms with Crippen molar-refractivity contribution in [2.24, 2.45) is 5.41 Å². The summed E-state index contributed by atoms with van der Waals surface area (Å²) in [5.74, 6) is 0.114. The summed E-state index contributed by atoms with van der Waals surface area (Å²) in [4.78, 5) is 29.5. The molecule has 2 aromatic rings. The van der Waals surface area contributed by atoms with Crippen molar-refractivity contribution in [1.82, 2.24) is 5.32 Å². The number of urea groups is 1. The molecule has 29 heavy (non-hydrogen) atoms. The first-order valence-electron chi connectivity index (χ1n) is 10.1. The zero-order valence-electron chi connectivity index (χ0n) is 17.1. The first-order valence-corrected chi connectivity index (χ1v) is 11.0. The Balaban J connectivity index is 1.94. The van der Waals surface area contributed by atoms with Gasteiger partial charge in [0.15, 0.2) is 5.78 Å². The van der Waals surface area contributed by atoms with E-state index in [0.29, 0.717) is 13.0 Å². The third-order valence-corrected chi connectivity index (χ3v) is 6.38. The van der Waals surface area contributed by atoms with E-state index in [2.05, 4.69) is 24.5 Å². The molecule has 0 fully saturated rings. The van der Waals surface area contributed by atoms with Crippen LogP contribution in [-0.4, -0.2) is 18.4 Å². The summed E-state index contributed by atoms with van der Waals surface area (Å²) >= 11 is 1.58. The van der Waals surface area contributed by atoms with Crippen LogP contribution >= 0.6 is 11.3 Å². The number of carbonyl (C=O) groups excluding carboxylic acids is 2. The van der Waals surface area contributed by atoms with Crippen LogP contribution in [0.15, 0.2) is 53.0 Å². The largest absolute Gasteiger partial charge is 0.357 e. The van der Waals surface area contributed by atoms with Crippen LogP contribution in [0.4, 0.5) is 16.2 Å². The first-order chi connectivity index (χ1) is 13.9. The molecule has 0 spiro atoms. The van der Waals surface area contributed by atoms with Crippen LogP contribution in [-0.2, 0) is 4.79 Å². The molecule has 5 nitrogen and oxygen atoms in total. The van der Waals surface area contributed by atoms with Crippen LogP contribution < -0.4 is 15.5 Å². The Kier molecular flexibility index (Phi) is 5.21. The summed E-state index contributed by atoms with van der Waals surface area (Å²) in [7, 11) is 0. The van der Waals surface area contributed by atoms with Gasteiger partial charge in [0.05, 0.1) is 11.4 Å². The van der Waals surface area contributed by atoms with E-state index in [0.717, 1.165) is 40.4 Å². The molecule has 6 heteroatoms. The van der Waals surface area contributed by atoms with Gasteiger partial charge in [-0.2, -0.15) is 0 Å². The lowest BCUT2D eigenvalue weighted by Crippen LogP contribution is -2.44. The molecule has 152 valence electrons. The number of amides is 2. The van der Waals surface area contributed by atoms with Gasteiger partial charge in [-0.1, -0.05) is 39.0 Å². The third kappa shape index (κ3) is 3.69. The van der Waals surface area contributed by atoms with Crippen molar-refractivity contribution < 1.29 is 9.59 Å². The molecule has 2 heterocycles. The van der Waals surface area contributed by atoms with Gasteiger partial charge in [0.1, 0.15) is 6.04 Å². The highest BCUT2D eigenvalue weighted by Crippen LogP contribution is 2.48. The Morgan fingerprint density at radius 1 is 1.24 bits per heavy atom. The zero-order chi connectivity index (χ0) is 20.6. The number of thiophene rings is 1. The fourth-order valence-corrected chi connectivity index (χ4v) is 5.07. The summed E-state index contributed by atoms with van der Waals surface area (Å²) < 4.78 is 0. The molecule has 2 aliphatic rings. The first kappa shape index (κ1) is 19.7. The number of nitrogens with one attached hydrogen (secondary N) is 2. The van der Waals surface area contributed by atoms with Gasteiger partial charge in [-0.3, -0.25) is 9.69 Å². The molecule has 0 saturated heterocycles. The number of Topliss-reactive ketones (excluding diaryl/α,β-unsaturated/α-hetero) is 1. The van der Waals surface area contributed by atoms with Gasteiger partial charge in [-0.15, -0.1) is 11.3 Å². The molecule has 1 atom stereocenters. The van der Waals surface area contributed by atoms with Crippen molar-refractivity contribution in [3.05, 3.63) is 57.9 Å². The van der Waals surface area contributed by atoms with Gasteiger partial charge < -0.3 is 10.6 Å². The van der Waals surface area contributed by atoms with Crippen LogP contribution in [0.25, 0.3) is 0 Å². The third-order valence-electron chi connectivity index (χ3n) is 5.46. The van der Waals surface area contributed by atoms with Crippen LogP contribution in [0.5, 0.6) is 0 Å². The second-order valence-corrected chi connectivity index (χ2v) is 9.47. The van der Waals surface area contributed by atoms with Crippen molar-refractivity contribution in [3.8, 4) is 0 Å². The van der Waals surface area contributed by atoms with Crippen molar-refractivity contribution in [1.29, 1.82) is 0 Å². The number of hydrogen-bond acceptors (Lipinski definition) is 4. The maximum Gasteiger partial charge on any atom is 0.322 e. The van der Waals surface area contributed by atoms with E-state index in [1.54, 1.807) is 16.2 Å². The van der Waals surface area contributed by atoms with Gasteiger partial charge in [0, 0.05) is 29.1 Å². The van der Waals surface area contributed by atoms with E-state index < -0.39 is 6.04 Å². The lowest BCUT2D eigenvalue weighted by Gasteiger charge is -2.36. The Labute approximate surface area is 175 Å². The van der Waals surface area contributed by atoms with E-state index in [1.807, 2.05) is 48.7 Å². The van der Waals surface area contributed by atoms with Gasteiger partial charge in [0.25, 0.3) is 0 Å². The van der Waals surface area contributed by atoms with Crippen molar-refractivity contribution in [2.75, 3.05) is 16.8 Å². The summed E-state index contributed by atoms with van der Waals surface area (Å²) in [6, 6.07) is 11.2. The van der Waals surface area contributed by atoms with Gasteiger partial charge in [0.2, 0.25) is 0 Å². The summed E-state index contributed by atoms with van der Waals surface area (Å²) in [6.45, 7) is 6.87. The molecule has 0 bridgehead atoms. The lowest BCUT2D eigenvalue weighted by atomic mass is 9.74. The molecule has 1 unspecified atom stereocenters. The number of benzene rings is 1. The van der Waals surface area contributed by atoms with E-state index in [1.165, 1.54) is 0 Å². The Bertz CT molecular complexity index is 962. The van der Waals surface area contributed by atoms with Crippen molar-refractivity contribution in [3.63, 3.8) is 0 Å². The molecule has 2 amide bonds. The van der Waals surface area contributed by atoms with Gasteiger partial charge >= 0.3 is 6.03 Å². The Morgan fingerprint density at radius 2 is 2.03 bits per heavy atom. The molecule has 4 rings (SSSR count). The maximum atomic E-state index is 13.4. The normalized spacial score (nSPS) is 20.4. The number of rotatable bonds is 3. The fourth-order valence-electron chi connectivity index (χ4n) is 4.24. The fraction of sp³-hybridized carbons (Fsp3) is 0.391. The summed E-state index contributed by atoms with van der Waals surface area (Å²) in [5.41, 5.74) is 3.19. The van der Waals surface area contributed by atoms with Gasteiger partial charge in [-0.05, 0) is 41.8 Å². The summed E-state index contributed by atoms with van der Waals surface area (Å²) in [6.07, 6.45) is 2.11. The number of hydrogen-bond donors (Lipinski definition) is 2. The highest BCUT2D eigenvalue weighted by atomic mass is 32.1. The highest BCUT2D eigenvalue weighted by Gasteiger charge is 2.43. The number of anilines is 2. The van der Waals surface area contributed by atoms with E-state index >= 15 is 0 Å². The Morgan fingerprint density at radius 3 is 2.76 bits per heavy atom. The standard InChI is InChI=1S/C23H27N3O2S/c1-4-11-24-22(28)26-17-9-6-5-8-15(17)25-16-13-23(2,3)14-18(27)20(16)21(26)19-10-7-12-29-19/h5-10,12,21,25H,4,11,13-14H2,1-3H3,(H,24,28). The number of ketones is 1. The molecule has 1 aromatic heterocycles. The molecule has 0 radical (unpaired) electrons. The molecule has 1 aromatic carbocycles. The number of allylic oxidation sites excluding steroid dienone is 1. The van der Waals surface area contributed by atoms with E-state index in [4.69, 9.17) is 0 Å². The maximum absolute atomic E-state index is 13.4. The number of nitrogens with zero attached hydrogens (tertiary/aromatic N) is 1. The predicted octanol–water partition coefficient (Wildman–Crippen LogP) is 5.48. The van der Waals surface area contributed by atoms with Crippen molar-refractivity contribution in [2.45, 2.75) is 46.1 Å². The molecular formula is C23H27N3O2S. The molecule has 1 aliphatic carbocycles. The lowest BCUT2D eigenvalue weighted by molar-refractivity contribution is -0.118. The average Bonchev–Trinajstić information content (AvgIpc) is 3.15. The zero-order valence-corrected chi connectivity index (χ0v) is 17.9. The average molecular weight is 410 g/mol. The smallest absolute Gasteiger partial charge is 0.322 e. The molecule has 2 N–H and O–H groups in total. The van der Waals surface area contributed by atoms with Crippen LogP contribution in [0, 0.1) is 5.41 Å². The monoisotopic (exact) mass is 409 g/mol. The minimum absolute atomic E-state index is 0.114. The van der Waals surface area contributed by atoms with Crippen LogP contribution in [0.2, 0.25) is 0 Å². The highest BCUT2D eigenvalue weighted by molar-refractivity contribution is 7.10. The molecular weight excluding hydrogens is 382 g/mol. The summed E-state index contributed by atoms with van der Waals surface area (Å²) in [5, 5.41) is 8.54.